The fourth-order valence-corrected chi connectivity index (χ4v) is 1.20. The molecule has 1 aliphatic rings. The monoisotopic (exact) mass is 162 g/mol. The smallest absolute Gasteiger partial charge is 0.303 e. The quantitative estimate of drug-likeness (QED) is 0.654. The lowest BCUT2D eigenvalue weighted by Gasteiger charge is -2.24. The van der Waals surface area contributed by atoms with Gasteiger partial charge >= 0.3 is 5.97 Å². The molecule has 0 bridgehead atoms. The molecule has 0 spiro atoms. The molecule has 0 aromatic carbocycles. The molecule has 2 atom stereocenters. The summed E-state index contributed by atoms with van der Waals surface area (Å²) in [6.45, 7) is 0.538. The van der Waals surface area contributed by atoms with Crippen molar-refractivity contribution in [1.82, 2.24) is 0 Å². The Kier molecular flexibility index (Phi) is 2.82. The predicted octanol–water partition coefficient (Wildman–Crippen LogP) is 0.836. The van der Waals surface area contributed by atoms with Crippen LogP contribution in [-0.4, -0.2) is 30.5 Å². The van der Waals surface area contributed by atoms with Crippen molar-refractivity contribution in [2.45, 2.75) is 19.0 Å². The molecular formula is C7H11FO3. The van der Waals surface area contributed by atoms with Gasteiger partial charge in [-0.2, -0.15) is 0 Å². The van der Waals surface area contributed by atoms with E-state index < -0.39 is 12.1 Å². The topological polar surface area (TPSA) is 46.5 Å². The minimum atomic E-state index is -1.10. The lowest BCUT2D eigenvalue weighted by Crippen LogP contribution is -2.30. The SMILES string of the molecule is O=C(O)CC1CCOCC1F. The molecule has 1 N–H and O–H groups in total. The minimum Gasteiger partial charge on any atom is -0.481 e. The summed E-state index contributed by atoms with van der Waals surface area (Å²) in [6.07, 6.45) is -0.655. The van der Waals surface area contributed by atoms with Crippen LogP contribution in [0.5, 0.6) is 0 Å². The first kappa shape index (κ1) is 8.46. The Bertz CT molecular complexity index is 149. The highest BCUT2D eigenvalue weighted by molar-refractivity contribution is 5.67. The van der Waals surface area contributed by atoms with Crippen molar-refractivity contribution in [1.29, 1.82) is 0 Å². The molecule has 1 fully saturated rings. The molecule has 1 aliphatic heterocycles. The maximum Gasteiger partial charge on any atom is 0.303 e. The van der Waals surface area contributed by atoms with Gasteiger partial charge in [-0.05, 0) is 6.42 Å². The van der Waals surface area contributed by atoms with Gasteiger partial charge in [-0.3, -0.25) is 4.79 Å². The lowest BCUT2D eigenvalue weighted by atomic mass is 9.95. The summed E-state index contributed by atoms with van der Waals surface area (Å²) < 4.78 is 17.6. The number of carboxylic acids is 1. The Balaban J connectivity index is 2.35. The molecule has 1 saturated heterocycles. The number of carbonyl (C=O) groups is 1. The molecule has 0 aliphatic carbocycles. The number of halogens is 1. The first-order valence-corrected chi connectivity index (χ1v) is 3.63. The van der Waals surface area contributed by atoms with Gasteiger partial charge in [0.1, 0.15) is 6.17 Å². The third-order valence-electron chi connectivity index (χ3n) is 1.86. The van der Waals surface area contributed by atoms with Crippen LogP contribution in [-0.2, 0) is 9.53 Å². The lowest BCUT2D eigenvalue weighted by molar-refractivity contribution is -0.140. The Labute approximate surface area is 64.2 Å². The van der Waals surface area contributed by atoms with Gasteiger partial charge in [0.05, 0.1) is 13.0 Å². The van der Waals surface area contributed by atoms with Gasteiger partial charge in [0.2, 0.25) is 0 Å². The standard InChI is InChI=1S/C7H11FO3/c8-6-4-11-2-1-5(6)3-7(9)10/h5-6H,1-4H2,(H,9,10). The maximum absolute atomic E-state index is 12.8. The zero-order valence-corrected chi connectivity index (χ0v) is 6.12. The summed E-state index contributed by atoms with van der Waals surface area (Å²) in [7, 11) is 0. The van der Waals surface area contributed by atoms with Crippen LogP contribution < -0.4 is 0 Å². The van der Waals surface area contributed by atoms with Crippen molar-refractivity contribution >= 4 is 5.97 Å². The van der Waals surface area contributed by atoms with E-state index in [9.17, 15) is 9.18 Å². The van der Waals surface area contributed by atoms with Crippen LogP contribution in [0.3, 0.4) is 0 Å². The molecule has 64 valence electrons. The molecule has 1 rings (SSSR count). The largest absolute Gasteiger partial charge is 0.481 e. The third kappa shape index (κ3) is 2.46. The van der Waals surface area contributed by atoms with E-state index in [-0.39, 0.29) is 18.9 Å². The Hall–Kier alpha value is -0.640. The Morgan fingerprint density at radius 1 is 1.73 bits per heavy atom. The van der Waals surface area contributed by atoms with E-state index in [0.717, 1.165) is 0 Å². The fourth-order valence-electron chi connectivity index (χ4n) is 1.20. The summed E-state index contributed by atoms with van der Waals surface area (Å²) >= 11 is 0. The summed E-state index contributed by atoms with van der Waals surface area (Å²) in [6, 6.07) is 0. The molecule has 0 aromatic heterocycles. The Morgan fingerprint density at radius 3 is 3.00 bits per heavy atom. The molecule has 0 amide bonds. The molecule has 0 saturated carbocycles. The minimum absolute atomic E-state index is 0.0535. The van der Waals surface area contributed by atoms with Gasteiger partial charge < -0.3 is 9.84 Å². The molecular weight excluding hydrogens is 151 g/mol. The van der Waals surface area contributed by atoms with Crippen LogP contribution in [0, 0.1) is 5.92 Å². The van der Waals surface area contributed by atoms with E-state index in [0.29, 0.717) is 13.0 Å². The second-order valence-corrected chi connectivity index (χ2v) is 2.74. The normalized spacial score (nSPS) is 31.7. The Morgan fingerprint density at radius 2 is 2.45 bits per heavy atom. The summed E-state index contributed by atoms with van der Waals surface area (Å²) in [5.41, 5.74) is 0. The zero-order valence-electron chi connectivity index (χ0n) is 6.12. The van der Waals surface area contributed by atoms with Gasteiger partial charge in [0.25, 0.3) is 0 Å². The van der Waals surface area contributed by atoms with Crippen molar-refractivity contribution in [3.05, 3.63) is 0 Å². The number of hydrogen-bond acceptors (Lipinski definition) is 2. The van der Waals surface area contributed by atoms with E-state index >= 15 is 0 Å². The molecule has 11 heavy (non-hydrogen) atoms. The average Bonchev–Trinajstić information content (AvgIpc) is 1.93. The summed E-state index contributed by atoms with van der Waals surface area (Å²) in [5.74, 6) is -1.28. The van der Waals surface area contributed by atoms with Crippen LogP contribution in [0.4, 0.5) is 4.39 Å². The third-order valence-corrected chi connectivity index (χ3v) is 1.86. The molecule has 3 nitrogen and oxygen atoms in total. The van der Waals surface area contributed by atoms with E-state index in [2.05, 4.69) is 0 Å². The van der Waals surface area contributed by atoms with Crippen molar-refractivity contribution in [3.8, 4) is 0 Å². The number of ether oxygens (including phenoxy) is 1. The van der Waals surface area contributed by atoms with E-state index in [1.807, 2.05) is 0 Å². The average molecular weight is 162 g/mol. The van der Waals surface area contributed by atoms with Gasteiger partial charge in [-0.15, -0.1) is 0 Å². The number of rotatable bonds is 2. The van der Waals surface area contributed by atoms with Gasteiger partial charge in [0, 0.05) is 12.5 Å². The molecule has 0 radical (unpaired) electrons. The molecule has 2 unspecified atom stereocenters. The number of alkyl halides is 1. The first-order chi connectivity index (χ1) is 5.20. The van der Waals surface area contributed by atoms with Gasteiger partial charge in [-0.1, -0.05) is 0 Å². The van der Waals surface area contributed by atoms with E-state index in [4.69, 9.17) is 9.84 Å². The highest BCUT2D eigenvalue weighted by Gasteiger charge is 2.27. The second-order valence-electron chi connectivity index (χ2n) is 2.74. The second kappa shape index (κ2) is 3.67. The zero-order chi connectivity index (χ0) is 8.27. The van der Waals surface area contributed by atoms with Crippen molar-refractivity contribution < 1.29 is 19.0 Å². The maximum atomic E-state index is 12.8. The predicted molar refractivity (Wildman–Crippen MR) is 36.1 cm³/mol. The highest BCUT2D eigenvalue weighted by Crippen LogP contribution is 2.21. The van der Waals surface area contributed by atoms with E-state index in [1.54, 1.807) is 0 Å². The summed E-state index contributed by atoms with van der Waals surface area (Å²) in [5, 5.41) is 8.38. The molecule has 1 heterocycles. The van der Waals surface area contributed by atoms with Gasteiger partial charge in [0.15, 0.2) is 0 Å². The number of hydrogen-bond donors (Lipinski definition) is 1. The van der Waals surface area contributed by atoms with Crippen LogP contribution >= 0.6 is 0 Å². The van der Waals surface area contributed by atoms with Crippen LogP contribution in [0.25, 0.3) is 0 Å². The van der Waals surface area contributed by atoms with Crippen LogP contribution in [0.2, 0.25) is 0 Å². The summed E-state index contributed by atoms with van der Waals surface area (Å²) in [4.78, 5) is 10.2. The van der Waals surface area contributed by atoms with Crippen molar-refractivity contribution in [2.24, 2.45) is 5.92 Å². The highest BCUT2D eigenvalue weighted by atomic mass is 19.1. The van der Waals surface area contributed by atoms with Crippen LogP contribution in [0.15, 0.2) is 0 Å². The fraction of sp³-hybridized carbons (Fsp3) is 0.857. The van der Waals surface area contributed by atoms with Crippen molar-refractivity contribution in [3.63, 3.8) is 0 Å². The molecule has 4 heteroatoms. The van der Waals surface area contributed by atoms with Gasteiger partial charge in [-0.25, -0.2) is 4.39 Å². The number of aliphatic carboxylic acids is 1. The number of carboxylic acid groups (broad SMARTS) is 1. The van der Waals surface area contributed by atoms with Crippen LogP contribution in [0.1, 0.15) is 12.8 Å². The first-order valence-electron chi connectivity index (χ1n) is 3.63. The molecule has 0 aromatic rings. The van der Waals surface area contributed by atoms with E-state index in [1.165, 1.54) is 0 Å². The van der Waals surface area contributed by atoms with Crippen molar-refractivity contribution in [2.75, 3.05) is 13.2 Å².